The molecule has 2 rings (SSSR count). The first-order valence-electron chi connectivity index (χ1n) is 5.72. The van der Waals surface area contributed by atoms with E-state index in [1.165, 1.54) is 16.7 Å². The monoisotopic (exact) mass is 209 g/mol. The second kappa shape index (κ2) is 4.98. The average Bonchev–Trinajstić information content (AvgIpc) is 2.30. The molecule has 0 aliphatic carbocycles. The Morgan fingerprint density at radius 2 is 1.38 bits per heavy atom. The first kappa shape index (κ1) is 10.9. The fourth-order valence-corrected chi connectivity index (χ4v) is 1.96. The molecule has 0 heteroatoms. The van der Waals surface area contributed by atoms with Crippen molar-refractivity contribution >= 4 is 0 Å². The van der Waals surface area contributed by atoms with E-state index in [0.29, 0.717) is 0 Å². The van der Waals surface area contributed by atoms with Gasteiger partial charge in [0.05, 0.1) is 0 Å². The number of hydrogen-bond donors (Lipinski definition) is 0. The standard InChI is InChI=1S/C16H17/c1-13-7-3-5-9-15(13)11-12-16-10-6-4-8-14(16)2/h3-10H,1,11-12H2,2H3. The van der Waals surface area contributed by atoms with Gasteiger partial charge in [-0.1, -0.05) is 48.5 Å². The summed E-state index contributed by atoms with van der Waals surface area (Å²) in [5, 5.41) is 0. The Bertz CT molecular complexity index is 423. The van der Waals surface area contributed by atoms with Gasteiger partial charge in [-0.05, 0) is 48.9 Å². The van der Waals surface area contributed by atoms with Crippen molar-refractivity contribution in [2.75, 3.05) is 0 Å². The van der Waals surface area contributed by atoms with Gasteiger partial charge in [-0.25, -0.2) is 0 Å². The summed E-state index contributed by atoms with van der Waals surface area (Å²) in [5.41, 5.74) is 5.32. The Labute approximate surface area is 97.9 Å². The van der Waals surface area contributed by atoms with Crippen LogP contribution in [0.1, 0.15) is 22.3 Å². The van der Waals surface area contributed by atoms with Crippen LogP contribution in [0.25, 0.3) is 0 Å². The van der Waals surface area contributed by atoms with Crippen LogP contribution in [-0.4, -0.2) is 0 Å². The average molecular weight is 209 g/mol. The quantitative estimate of drug-likeness (QED) is 0.717. The molecule has 16 heavy (non-hydrogen) atoms. The van der Waals surface area contributed by atoms with Crippen molar-refractivity contribution in [3.05, 3.63) is 77.7 Å². The molecule has 81 valence electrons. The lowest BCUT2D eigenvalue weighted by Gasteiger charge is -2.07. The van der Waals surface area contributed by atoms with Crippen molar-refractivity contribution in [1.82, 2.24) is 0 Å². The van der Waals surface area contributed by atoms with Crippen molar-refractivity contribution in [3.63, 3.8) is 0 Å². The van der Waals surface area contributed by atoms with E-state index in [1.54, 1.807) is 0 Å². The van der Waals surface area contributed by atoms with E-state index in [9.17, 15) is 0 Å². The third-order valence-electron chi connectivity index (χ3n) is 3.04. The molecule has 0 aromatic heterocycles. The molecule has 0 nitrogen and oxygen atoms in total. The van der Waals surface area contributed by atoms with Crippen molar-refractivity contribution in [2.45, 2.75) is 19.8 Å². The van der Waals surface area contributed by atoms with Crippen LogP contribution in [0, 0.1) is 13.8 Å². The zero-order valence-corrected chi connectivity index (χ0v) is 9.74. The van der Waals surface area contributed by atoms with Crippen LogP contribution in [0.3, 0.4) is 0 Å². The molecule has 0 spiro atoms. The predicted octanol–water partition coefficient (Wildman–Crippen LogP) is 3.96. The molecule has 0 unspecified atom stereocenters. The maximum atomic E-state index is 4.06. The first-order valence-corrected chi connectivity index (χ1v) is 5.72. The molecule has 2 aromatic rings. The molecule has 0 N–H and O–H groups in total. The van der Waals surface area contributed by atoms with Crippen molar-refractivity contribution in [3.8, 4) is 0 Å². The number of hydrogen-bond acceptors (Lipinski definition) is 0. The smallest absolute Gasteiger partial charge is 0.0235 e. The van der Waals surface area contributed by atoms with E-state index < -0.39 is 0 Å². The lowest BCUT2D eigenvalue weighted by atomic mass is 9.98. The molecule has 0 fully saturated rings. The second-order valence-corrected chi connectivity index (χ2v) is 4.20. The number of rotatable bonds is 3. The van der Waals surface area contributed by atoms with Crippen LogP contribution in [0.4, 0.5) is 0 Å². The van der Waals surface area contributed by atoms with E-state index in [-0.39, 0.29) is 0 Å². The van der Waals surface area contributed by atoms with E-state index in [1.807, 2.05) is 6.07 Å². The molecule has 0 atom stereocenters. The highest BCUT2D eigenvalue weighted by molar-refractivity contribution is 5.32. The Morgan fingerprint density at radius 3 is 2.06 bits per heavy atom. The second-order valence-electron chi connectivity index (χ2n) is 4.20. The summed E-state index contributed by atoms with van der Waals surface area (Å²) < 4.78 is 0. The molecule has 0 saturated heterocycles. The highest BCUT2D eigenvalue weighted by atomic mass is 14.1. The molecule has 0 bridgehead atoms. The van der Waals surface area contributed by atoms with Crippen LogP contribution < -0.4 is 0 Å². The zero-order valence-electron chi connectivity index (χ0n) is 9.74. The molecule has 0 saturated carbocycles. The topological polar surface area (TPSA) is 0 Å². The third-order valence-corrected chi connectivity index (χ3v) is 3.04. The third kappa shape index (κ3) is 2.52. The van der Waals surface area contributed by atoms with Gasteiger partial charge in [-0.15, -0.1) is 0 Å². The van der Waals surface area contributed by atoms with Gasteiger partial charge in [0.1, 0.15) is 0 Å². The first-order chi connectivity index (χ1) is 7.77. The van der Waals surface area contributed by atoms with Gasteiger partial charge in [-0.3, -0.25) is 0 Å². The Hall–Kier alpha value is -1.56. The van der Waals surface area contributed by atoms with Gasteiger partial charge in [-0.2, -0.15) is 0 Å². The van der Waals surface area contributed by atoms with Gasteiger partial charge < -0.3 is 0 Å². The van der Waals surface area contributed by atoms with Gasteiger partial charge in [0.15, 0.2) is 0 Å². The van der Waals surface area contributed by atoms with Crippen LogP contribution in [0.2, 0.25) is 0 Å². The summed E-state index contributed by atoms with van der Waals surface area (Å²) in [5.74, 6) is 0. The SMILES string of the molecule is [CH2]c1ccccc1CCc1ccccc1C. The highest BCUT2D eigenvalue weighted by Crippen LogP contribution is 2.13. The molecular formula is C16H17. The molecule has 0 heterocycles. The van der Waals surface area contributed by atoms with Crippen molar-refractivity contribution in [1.29, 1.82) is 0 Å². The highest BCUT2D eigenvalue weighted by Gasteiger charge is 2.00. The molecule has 1 radical (unpaired) electrons. The van der Waals surface area contributed by atoms with Crippen LogP contribution in [0.5, 0.6) is 0 Å². The molecule has 0 aliphatic heterocycles. The van der Waals surface area contributed by atoms with Crippen molar-refractivity contribution in [2.24, 2.45) is 0 Å². The summed E-state index contributed by atoms with van der Waals surface area (Å²) >= 11 is 0. The largest absolute Gasteiger partial charge is 0.0620 e. The van der Waals surface area contributed by atoms with Gasteiger partial charge in [0.25, 0.3) is 0 Å². The maximum absolute atomic E-state index is 4.06. The predicted molar refractivity (Wildman–Crippen MR) is 69.5 cm³/mol. The van der Waals surface area contributed by atoms with Crippen molar-refractivity contribution < 1.29 is 0 Å². The van der Waals surface area contributed by atoms with E-state index in [0.717, 1.165) is 18.4 Å². The fourth-order valence-electron chi connectivity index (χ4n) is 1.96. The van der Waals surface area contributed by atoms with Crippen LogP contribution >= 0.6 is 0 Å². The van der Waals surface area contributed by atoms with Crippen LogP contribution in [-0.2, 0) is 12.8 Å². The summed E-state index contributed by atoms with van der Waals surface area (Å²) in [7, 11) is 0. The molecule has 0 aliphatic rings. The Balaban J connectivity index is 2.09. The minimum atomic E-state index is 1.07. The summed E-state index contributed by atoms with van der Waals surface area (Å²) in [6.45, 7) is 6.23. The van der Waals surface area contributed by atoms with E-state index >= 15 is 0 Å². The van der Waals surface area contributed by atoms with E-state index in [2.05, 4.69) is 56.3 Å². The van der Waals surface area contributed by atoms with Gasteiger partial charge in [0, 0.05) is 0 Å². The molecular weight excluding hydrogens is 192 g/mol. The van der Waals surface area contributed by atoms with Gasteiger partial charge in [0.2, 0.25) is 0 Å². The zero-order chi connectivity index (χ0) is 11.4. The summed E-state index contributed by atoms with van der Waals surface area (Å²) in [4.78, 5) is 0. The molecule has 2 aromatic carbocycles. The number of benzene rings is 2. The summed E-state index contributed by atoms with van der Waals surface area (Å²) in [6, 6.07) is 17.0. The maximum Gasteiger partial charge on any atom is -0.0235 e. The lowest BCUT2D eigenvalue weighted by Crippen LogP contribution is -1.95. The lowest BCUT2D eigenvalue weighted by molar-refractivity contribution is 0.944. The minimum Gasteiger partial charge on any atom is -0.0620 e. The minimum absolute atomic E-state index is 1.07. The normalized spacial score (nSPS) is 10.4. The Morgan fingerprint density at radius 1 is 0.812 bits per heavy atom. The van der Waals surface area contributed by atoms with E-state index in [4.69, 9.17) is 0 Å². The fraction of sp³-hybridized carbons (Fsp3) is 0.188. The van der Waals surface area contributed by atoms with Crippen LogP contribution in [0.15, 0.2) is 48.5 Å². The number of aryl methyl sites for hydroxylation is 3. The Kier molecular flexibility index (Phi) is 3.40. The summed E-state index contributed by atoms with van der Waals surface area (Å²) in [6.07, 6.45) is 2.17. The van der Waals surface area contributed by atoms with Gasteiger partial charge >= 0.3 is 0 Å². The molecule has 0 amide bonds.